The number of pyridine rings is 1. The van der Waals surface area contributed by atoms with Gasteiger partial charge >= 0.3 is 0 Å². The van der Waals surface area contributed by atoms with Crippen LogP contribution in [0.4, 0.5) is 0 Å². The number of benzene rings is 7. The predicted molar refractivity (Wildman–Crippen MR) is 207 cm³/mol. The topological polar surface area (TPSA) is 38.7 Å². The fourth-order valence-corrected chi connectivity index (χ4v) is 6.80. The van der Waals surface area contributed by atoms with Crippen molar-refractivity contribution in [3.8, 4) is 67.3 Å². The number of nitrogens with zero attached hydrogens (tertiary/aromatic N) is 3. The van der Waals surface area contributed by atoms with E-state index in [0.717, 1.165) is 50.2 Å². The lowest BCUT2D eigenvalue weighted by Crippen LogP contribution is -1.96. The summed E-state index contributed by atoms with van der Waals surface area (Å²) in [5, 5.41) is 4.76. The lowest BCUT2D eigenvalue weighted by atomic mass is 9.97. The molecule has 0 saturated heterocycles. The number of hydrogen-bond donors (Lipinski definition) is 0. The third kappa shape index (κ3) is 5.61. The Labute approximate surface area is 291 Å². The SMILES string of the molecule is c1ccc(-c2ccc(-c3cc(-c4cccc(-c5cncc6ccccc56)c4)nc(-c4ccc(-c5cccc6ccccc56)cc4)n3)cc2)cc1. The summed E-state index contributed by atoms with van der Waals surface area (Å²) in [5.41, 5.74) is 11.7. The van der Waals surface area contributed by atoms with Crippen molar-refractivity contribution in [3.63, 3.8) is 0 Å². The zero-order chi connectivity index (χ0) is 33.3. The summed E-state index contributed by atoms with van der Waals surface area (Å²) in [5.74, 6) is 0.686. The molecule has 0 fully saturated rings. The summed E-state index contributed by atoms with van der Waals surface area (Å²) >= 11 is 0. The normalized spacial score (nSPS) is 11.2. The van der Waals surface area contributed by atoms with Gasteiger partial charge in [-0.3, -0.25) is 4.98 Å². The lowest BCUT2D eigenvalue weighted by Gasteiger charge is -2.12. The minimum Gasteiger partial charge on any atom is -0.263 e. The van der Waals surface area contributed by atoms with E-state index < -0.39 is 0 Å². The Balaban J connectivity index is 1.15. The molecule has 3 nitrogen and oxygen atoms in total. The summed E-state index contributed by atoms with van der Waals surface area (Å²) in [4.78, 5) is 14.9. The van der Waals surface area contributed by atoms with Crippen molar-refractivity contribution >= 4 is 21.5 Å². The fourth-order valence-electron chi connectivity index (χ4n) is 6.80. The van der Waals surface area contributed by atoms with Gasteiger partial charge in [0.05, 0.1) is 11.4 Å². The third-order valence-electron chi connectivity index (χ3n) is 9.40. The van der Waals surface area contributed by atoms with Crippen LogP contribution in [0.2, 0.25) is 0 Å². The first-order valence-electron chi connectivity index (χ1n) is 16.8. The van der Waals surface area contributed by atoms with Crippen molar-refractivity contribution in [1.29, 1.82) is 0 Å². The number of aromatic nitrogens is 3. The summed E-state index contributed by atoms with van der Waals surface area (Å²) in [6, 6.07) is 61.8. The van der Waals surface area contributed by atoms with Crippen LogP contribution in [0.5, 0.6) is 0 Å². The highest BCUT2D eigenvalue weighted by atomic mass is 14.9. The highest BCUT2D eigenvalue weighted by molar-refractivity contribution is 5.97. The molecule has 9 aromatic rings. The van der Waals surface area contributed by atoms with Crippen LogP contribution < -0.4 is 0 Å². The molecule has 2 aromatic heterocycles. The average Bonchev–Trinajstić information content (AvgIpc) is 3.21. The van der Waals surface area contributed by atoms with E-state index in [2.05, 4.69) is 175 Å². The molecule has 0 aliphatic carbocycles. The minimum atomic E-state index is 0.686. The van der Waals surface area contributed by atoms with Gasteiger partial charge in [-0.2, -0.15) is 0 Å². The van der Waals surface area contributed by atoms with Gasteiger partial charge in [-0.1, -0.05) is 164 Å². The molecule has 0 amide bonds. The Kier molecular flexibility index (Phi) is 7.49. The molecule has 0 aliphatic heterocycles. The number of rotatable bonds is 6. The molecule has 0 bridgehead atoms. The second-order valence-electron chi connectivity index (χ2n) is 12.5. The summed E-state index contributed by atoms with van der Waals surface area (Å²) in [6.45, 7) is 0. The monoisotopic (exact) mass is 637 g/mol. The van der Waals surface area contributed by atoms with E-state index in [9.17, 15) is 0 Å². The van der Waals surface area contributed by atoms with Crippen LogP contribution in [0.15, 0.2) is 188 Å². The van der Waals surface area contributed by atoms with E-state index in [1.165, 1.54) is 32.8 Å². The van der Waals surface area contributed by atoms with Gasteiger partial charge in [0.25, 0.3) is 0 Å². The van der Waals surface area contributed by atoms with Gasteiger partial charge in [-0.15, -0.1) is 0 Å². The summed E-state index contributed by atoms with van der Waals surface area (Å²) in [7, 11) is 0. The fraction of sp³-hybridized carbons (Fsp3) is 0. The molecule has 0 unspecified atom stereocenters. The van der Waals surface area contributed by atoms with Crippen LogP contribution in [0.3, 0.4) is 0 Å². The maximum Gasteiger partial charge on any atom is 0.160 e. The maximum absolute atomic E-state index is 5.19. The van der Waals surface area contributed by atoms with Crippen LogP contribution in [-0.2, 0) is 0 Å². The van der Waals surface area contributed by atoms with E-state index in [1.54, 1.807) is 0 Å². The average molecular weight is 638 g/mol. The van der Waals surface area contributed by atoms with Gasteiger partial charge in [-0.05, 0) is 56.1 Å². The second-order valence-corrected chi connectivity index (χ2v) is 12.5. The highest BCUT2D eigenvalue weighted by Gasteiger charge is 2.14. The van der Waals surface area contributed by atoms with Gasteiger partial charge in [0, 0.05) is 40.0 Å². The number of fused-ring (bicyclic) bond motifs is 2. The Morgan fingerprint density at radius 1 is 0.300 bits per heavy atom. The Morgan fingerprint density at radius 3 is 1.64 bits per heavy atom. The first-order chi connectivity index (χ1) is 24.8. The molecule has 0 aliphatic rings. The molecule has 50 heavy (non-hydrogen) atoms. The highest BCUT2D eigenvalue weighted by Crippen LogP contribution is 2.35. The van der Waals surface area contributed by atoms with Crippen molar-refractivity contribution in [2.75, 3.05) is 0 Å². The molecule has 0 radical (unpaired) electrons. The molecule has 0 atom stereocenters. The quantitative estimate of drug-likeness (QED) is 0.182. The molecule has 3 heteroatoms. The van der Waals surface area contributed by atoms with Crippen LogP contribution >= 0.6 is 0 Å². The Morgan fingerprint density at radius 2 is 0.840 bits per heavy atom. The minimum absolute atomic E-state index is 0.686. The van der Waals surface area contributed by atoms with E-state index in [1.807, 2.05) is 18.5 Å². The molecular formula is C47H31N3. The molecule has 234 valence electrons. The predicted octanol–water partition coefficient (Wildman–Crippen LogP) is 12.2. The van der Waals surface area contributed by atoms with Gasteiger partial charge in [0.2, 0.25) is 0 Å². The summed E-state index contributed by atoms with van der Waals surface area (Å²) in [6.07, 6.45) is 3.87. The molecule has 0 spiro atoms. The smallest absolute Gasteiger partial charge is 0.160 e. The molecule has 2 heterocycles. The van der Waals surface area contributed by atoms with E-state index >= 15 is 0 Å². The largest absolute Gasteiger partial charge is 0.263 e. The van der Waals surface area contributed by atoms with Crippen LogP contribution in [0, 0.1) is 0 Å². The summed E-state index contributed by atoms with van der Waals surface area (Å²) < 4.78 is 0. The van der Waals surface area contributed by atoms with Gasteiger partial charge in [0.1, 0.15) is 0 Å². The van der Waals surface area contributed by atoms with E-state index in [-0.39, 0.29) is 0 Å². The van der Waals surface area contributed by atoms with Crippen LogP contribution in [0.1, 0.15) is 0 Å². The van der Waals surface area contributed by atoms with E-state index in [0.29, 0.717) is 5.82 Å². The molecule has 0 N–H and O–H groups in total. The Bertz CT molecular complexity index is 2620. The van der Waals surface area contributed by atoms with Crippen molar-refractivity contribution in [2.24, 2.45) is 0 Å². The molecule has 9 rings (SSSR count). The first-order valence-corrected chi connectivity index (χ1v) is 16.8. The molecular weight excluding hydrogens is 607 g/mol. The third-order valence-corrected chi connectivity index (χ3v) is 9.40. The Hall–Kier alpha value is -6.71. The standard InChI is InChI=1S/C47H31N3/c1-2-10-32(11-3-1)33-20-24-36(25-21-33)45-29-46(39-16-8-15-38(28-39)44-31-48-30-40-13-5-7-18-43(40)44)50-47(49-45)37-26-22-35(23-27-37)42-19-9-14-34-12-4-6-17-41(34)42/h1-31H. The van der Waals surface area contributed by atoms with Gasteiger partial charge < -0.3 is 0 Å². The van der Waals surface area contributed by atoms with E-state index in [4.69, 9.17) is 9.97 Å². The maximum atomic E-state index is 5.19. The van der Waals surface area contributed by atoms with Crippen LogP contribution in [-0.4, -0.2) is 15.0 Å². The number of hydrogen-bond acceptors (Lipinski definition) is 3. The van der Waals surface area contributed by atoms with Crippen molar-refractivity contribution in [3.05, 3.63) is 188 Å². The van der Waals surface area contributed by atoms with Gasteiger partial charge in [-0.25, -0.2) is 9.97 Å². The zero-order valence-electron chi connectivity index (χ0n) is 27.2. The van der Waals surface area contributed by atoms with Crippen molar-refractivity contribution < 1.29 is 0 Å². The van der Waals surface area contributed by atoms with Crippen molar-refractivity contribution in [2.45, 2.75) is 0 Å². The zero-order valence-corrected chi connectivity index (χ0v) is 27.2. The lowest BCUT2D eigenvalue weighted by molar-refractivity contribution is 1.18. The second kappa shape index (κ2) is 12.7. The first kappa shape index (κ1) is 29.4. The molecule has 7 aromatic carbocycles. The van der Waals surface area contributed by atoms with Gasteiger partial charge in [0.15, 0.2) is 5.82 Å². The van der Waals surface area contributed by atoms with Crippen molar-refractivity contribution in [1.82, 2.24) is 15.0 Å². The molecule has 0 saturated carbocycles. The van der Waals surface area contributed by atoms with Crippen LogP contribution in [0.25, 0.3) is 88.8 Å².